The third-order valence-corrected chi connectivity index (χ3v) is 3.97. The van der Waals surface area contributed by atoms with Crippen molar-refractivity contribution in [3.05, 3.63) is 55.7 Å². The monoisotopic (exact) mass is 422 g/mol. The number of halogens is 4. The molecule has 2 aromatic rings. The second-order valence-electron chi connectivity index (χ2n) is 3.72. The highest BCUT2D eigenvalue weighted by Gasteiger charge is 2.17. The highest BCUT2D eigenvalue weighted by Crippen LogP contribution is 2.36. The van der Waals surface area contributed by atoms with Crippen molar-refractivity contribution >= 4 is 49.4 Å². The van der Waals surface area contributed by atoms with Crippen molar-refractivity contribution in [1.29, 1.82) is 0 Å². The minimum atomic E-state index is -1.23. The van der Waals surface area contributed by atoms with Gasteiger partial charge in [-0.25, -0.2) is 9.18 Å². The molecule has 1 N–H and O–H groups in total. The minimum Gasteiger partial charge on any atom is -0.478 e. The number of benzene rings is 2. The molecule has 0 spiro atoms. The van der Waals surface area contributed by atoms with Gasteiger partial charge in [-0.2, -0.15) is 0 Å². The molecule has 0 atom stereocenters. The Balaban J connectivity index is 2.42. The molecule has 0 aliphatic carbocycles. The second-order valence-corrected chi connectivity index (χ2v) is 5.84. The Morgan fingerprint density at radius 3 is 2.55 bits per heavy atom. The minimum absolute atomic E-state index is 0.123. The van der Waals surface area contributed by atoms with E-state index in [2.05, 4.69) is 31.9 Å². The van der Waals surface area contributed by atoms with Crippen molar-refractivity contribution in [3.8, 4) is 11.5 Å². The molecule has 0 aromatic heterocycles. The zero-order valence-electron chi connectivity index (χ0n) is 9.66. The molecule has 0 fully saturated rings. The van der Waals surface area contributed by atoms with Crippen LogP contribution in [0.3, 0.4) is 0 Å². The second kappa shape index (κ2) is 6.11. The largest absolute Gasteiger partial charge is 0.478 e. The number of hydrogen-bond acceptors (Lipinski definition) is 2. The molecule has 0 saturated heterocycles. The molecule has 2 aromatic carbocycles. The first-order valence-corrected chi connectivity index (χ1v) is 7.20. The van der Waals surface area contributed by atoms with E-state index in [4.69, 9.17) is 21.4 Å². The Morgan fingerprint density at radius 1 is 1.20 bits per heavy atom. The van der Waals surface area contributed by atoms with Crippen molar-refractivity contribution in [1.82, 2.24) is 0 Å². The maximum Gasteiger partial charge on any atom is 0.336 e. The molecule has 0 heterocycles. The average Bonchev–Trinajstić information content (AvgIpc) is 2.39. The van der Waals surface area contributed by atoms with Gasteiger partial charge in [0.15, 0.2) is 11.6 Å². The predicted octanol–water partition coefficient (Wildman–Crippen LogP) is 5.49. The van der Waals surface area contributed by atoms with Gasteiger partial charge in [0.1, 0.15) is 5.75 Å². The van der Waals surface area contributed by atoms with Gasteiger partial charge in [-0.05, 0) is 46.3 Å². The third kappa shape index (κ3) is 3.13. The zero-order chi connectivity index (χ0) is 14.9. The summed E-state index contributed by atoms with van der Waals surface area (Å²) in [6.45, 7) is 0. The van der Waals surface area contributed by atoms with E-state index in [1.807, 2.05) is 0 Å². The Kier molecular flexibility index (Phi) is 4.67. The molecule has 0 amide bonds. The molecule has 0 aliphatic heterocycles. The molecule has 20 heavy (non-hydrogen) atoms. The van der Waals surface area contributed by atoms with Crippen LogP contribution in [0.15, 0.2) is 39.3 Å². The van der Waals surface area contributed by atoms with Gasteiger partial charge in [0.25, 0.3) is 0 Å². The van der Waals surface area contributed by atoms with Gasteiger partial charge in [-0.15, -0.1) is 0 Å². The molecule has 0 bridgehead atoms. The Morgan fingerprint density at radius 2 is 1.90 bits per heavy atom. The first-order chi connectivity index (χ1) is 9.40. The van der Waals surface area contributed by atoms with Crippen LogP contribution in [0.25, 0.3) is 0 Å². The highest BCUT2D eigenvalue weighted by atomic mass is 79.9. The lowest BCUT2D eigenvalue weighted by Gasteiger charge is -2.10. The Hall–Kier alpha value is -1.11. The summed E-state index contributed by atoms with van der Waals surface area (Å²) in [5.41, 5.74) is -0.185. The van der Waals surface area contributed by atoms with Crippen LogP contribution in [-0.2, 0) is 0 Å². The fourth-order valence-electron chi connectivity index (χ4n) is 1.45. The van der Waals surface area contributed by atoms with Gasteiger partial charge in [0.05, 0.1) is 15.1 Å². The van der Waals surface area contributed by atoms with Crippen molar-refractivity contribution in [2.75, 3.05) is 0 Å². The van der Waals surface area contributed by atoms with E-state index in [0.29, 0.717) is 5.02 Å². The van der Waals surface area contributed by atoms with Gasteiger partial charge in [0.2, 0.25) is 0 Å². The Labute approximate surface area is 135 Å². The molecule has 3 nitrogen and oxygen atoms in total. The molecular formula is C13H6Br2ClFO3. The van der Waals surface area contributed by atoms with Crippen molar-refractivity contribution in [2.24, 2.45) is 0 Å². The van der Waals surface area contributed by atoms with Crippen LogP contribution in [0.1, 0.15) is 10.4 Å². The summed E-state index contributed by atoms with van der Waals surface area (Å²) in [4.78, 5) is 10.9. The van der Waals surface area contributed by atoms with Gasteiger partial charge < -0.3 is 9.84 Å². The number of rotatable bonds is 3. The van der Waals surface area contributed by atoms with E-state index < -0.39 is 11.8 Å². The summed E-state index contributed by atoms with van der Waals surface area (Å²) in [6, 6.07) is 7.38. The van der Waals surface area contributed by atoms with E-state index in [-0.39, 0.29) is 21.5 Å². The van der Waals surface area contributed by atoms with Crippen LogP contribution in [0, 0.1) is 5.82 Å². The van der Waals surface area contributed by atoms with Crippen LogP contribution >= 0.6 is 43.5 Å². The fraction of sp³-hybridized carbons (Fsp3) is 0. The van der Waals surface area contributed by atoms with Crippen molar-refractivity contribution < 1.29 is 19.0 Å². The van der Waals surface area contributed by atoms with Crippen molar-refractivity contribution in [3.63, 3.8) is 0 Å². The van der Waals surface area contributed by atoms with E-state index >= 15 is 0 Å². The number of carboxylic acids is 1. The molecule has 7 heteroatoms. The molecule has 0 radical (unpaired) electrons. The maximum absolute atomic E-state index is 14.1. The van der Waals surface area contributed by atoms with E-state index in [1.54, 1.807) is 18.2 Å². The third-order valence-electron chi connectivity index (χ3n) is 2.39. The van der Waals surface area contributed by atoms with E-state index in [1.165, 1.54) is 12.1 Å². The standard InChI is InChI=1S/C13H6Br2ClFO3/c14-6-1-3-8(16)10(5-6)20-9-4-2-7(13(18)19)11(15)12(9)17/h1-5H,(H,18,19). The molecule has 0 unspecified atom stereocenters. The van der Waals surface area contributed by atoms with Gasteiger partial charge >= 0.3 is 5.97 Å². The molecular weight excluding hydrogens is 418 g/mol. The smallest absolute Gasteiger partial charge is 0.336 e. The van der Waals surface area contributed by atoms with Gasteiger partial charge in [-0.3, -0.25) is 0 Å². The lowest BCUT2D eigenvalue weighted by Crippen LogP contribution is -2.00. The summed E-state index contributed by atoms with van der Waals surface area (Å²) in [6.07, 6.45) is 0. The molecule has 104 valence electrons. The number of aromatic carboxylic acids is 1. The highest BCUT2D eigenvalue weighted by molar-refractivity contribution is 9.10. The summed E-state index contributed by atoms with van der Waals surface area (Å²) < 4.78 is 20.0. The number of ether oxygens (including phenoxy) is 1. The van der Waals surface area contributed by atoms with Crippen LogP contribution < -0.4 is 4.74 Å². The molecule has 0 saturated carbocycles. The van der Waals surface area contributed by atoms with Crippen LogP contribution in [0.5, 0.6) is 11.5 Å². The lowest BCUT2D eigenvalue weighted by molar-refractivity contribution is 0.0695. The van der Waals surface area contributed by atoms with Gasteiger partial charge in [-0.1, -0.05) is 27.5 Å². The number of hydrogen-bond donors (Lipinski definition) is 1. The fourth-order valence-corrected chi connectivity index (χ4v) is 2.44. The first-order valence-electron chi connectivity index (χ1n) is 5.24. The quantitative estimate of drug-likeness (QED) is 0.708. The summed E-state index contributed by atoms with van der Waals surface area (Å²) in [5, 5.41) is 9.20. The van der Waals surface area contributed by atoms with E-state index in [9.17, 15) is 9.18 Å². The predicted molar refractivity (Wildman–Crippen MR) is 80.3 cm³/mol. The van der Waals surface area contributed by atoms with Crippen LogP contribution in [0.4, 0.5) is 4.39 Å². The van der Waals surface area contributed by atoms with Gasteiger partial charge in [0, 0.05) is 4.47 Å². The lowest BCUT2D eigenvalue weighted by atomic mass is 10.2. The Bertz CT molecular complexity index is 692. The topological polar surface area (TPSA) is 46.5 Å². The summed E-state index contributed by atoms with van der Waals surface area (Å²) in [7, 11) is 0. The molecule has 0 aliphatic rings. The normalized spacial score (nSPS) is 10.4. The average molecular weight is 424 g/mol. The first kappa shape index (κ1) is 15.3. The summed E-state index contributed by atoms with van der Waals surface area (Å²) in [5.74, 6) is -1.90. The summed E-state index contributed by atoms with van der Waals surface area (Å²) >= 11 is 12.1. The number of carboxylic acid groups (broad SMARTS) is 1. The SMILES string of the molecule is O=C(O)c1ccc(Oc2cc(Br)ccc2Cl)c(F)c1Br. The maximum atomic E-state index is 14.1. The van der Waals surface area contributed by atoms with E-state index in [0.717, 1.165) is 4.47 Å². The van der Waals surface area contributed by atoms with Crippen LogP contribution in [-0.4, -0.2) is 11.1 Å². The number of carbonyl (C=O) groups is 1. The molecule has 2 rings (SSSR count). The zero-order valence-corrected chi connectivity index (χ0v) is 13.6. The van der Waals surface area contributed by atoms with Crippen molar-refractivity contribution in [2.45, 2.75) is 0 Å². The van der Waals surface area contributed by atoms with Crippen LogP contribution in [0.2, 0.25) is 5.02 Å².